The van der Waals surface area contributed by atoms with E-state index in [-0.39, 0.29) is 10.8 Å². The normalized spacial score (nSPS) is 18.6. The summed E-state index contributed by atoms with van der Waals surface area (Å²) in [6.07, 6.45) is 8.06. The standard InChI is InChI=1S/C26H25N5O3S/c1-16-29-23-6-3-18(12-24(23)30-16)17-4-8-25-19(11-17)14-31(9-10-34-25)26-21-13-20(35(2,32)33)5-7-22(21)27-15-28-26/h3,5-8,11-13,15,17H,4,9-10,14H2,1-2H3,(H,29,30). The molecule has 1 saturated heterocycles. The summed E-state index contributed by atoms with van der Waals surface area (Å²) in [5.41, 5.74) is 5.05. The lowest BCUT2D eigenvalue weighted by atomic mass is 9.88. The van der Waals surface area contributed by atoms with E-state index in [1.165, 1.54) is 18.1 Å². The van der Waals surface area contributed by atoms with E-state index in [4.69, 9.17) is 4.74 Å². The molecule has 1 fully saturated rings. The van der Waals surface area contributed by atoms with E-state index < -0.39 is 9.84 Å². The van der Waals surface area contributed by atoms with Gasteiger partial charge in [-0.25, -0.2) is 23.4 Å². The molecule has 0 spiro atoms. The van der Waals surface area contributed by atoms with Crippen LogP contribution in [0.3, 0.4) is 0 Å². The average molecular weight is 488 g/mol. The van der Waals surface area contributed by atoms with Crippen molar-refractivity contribution in [2.75, 3.05) is 30.9 Å². The van der Waals surface area contributed by atoms with E-state index in [0.29, 0.717) is 31.0 Å². The molecule has 35 heavy (non-hydrogen) atoms. The molecule has 1 unspecified atom stereocenters. The maximum atomic E-state index is 12.2. The minimum absolute atomic E-state index is 0.226. The van der Waals surface area contributed by atoms with Crippen molar-refractivity contribution in [2.24, 2.45) is 0 Å². The summed E-state index contributed by atoms with van der Waals surface area (Å²) in [4.78, 5) is 19.1. The fraction of sp³-hybridized carbons (Fsp3) is 0.269. The molecule has 0 radical (unpaired) electrons. The number of hydrogen-bond donors (Lipinski definition) is 1. The Labute approximate surface area is 203 Å². The van der Waals surface area contributed by atoms with Crippen LogP contribution in [0.4, 0.5) is 5.82 Å². The minimum Gasteiger partial charge on any atom is -0.492 e. The first-order chi connectivity index (χ1) is 16.8. The molecule has 8 nitrogen and oxygen atoms in total. The zero-order chi connectivity index (χ0) is 24.2. The number of nitrogens with zero attached hydrogens (tertiary/aromatic N) is 4. The molecule has 3 heterocycles. The predicted octanol–water partition coefficient (Wildman–Crippen LogP) is 4.05. The molecule has 0 saturated carbocycles. The molecule has 0 bridgehead atoms. The number of sulfone groups is 1. The number of imidazole rings is 1. The second-order valence-corrected chi connectivity index (χ2v) is 11.1. The number of aryl methyl sites for hydroxylation is 1. The monoisotopic (exact) mass is 487 g/mol. The Balaban J connectivity index is 1.36. The molecular weight excluding hydrogens is 462 g/mol. The van der Waals surface area contributed by atoms with Crippen molar-refractivity contribution in [3.8, 4) is 0 Å². The van der Waals surface area contributed by atoms with Gasteiger partial charge in [-0.3, -0.25) is 0 Å². The van der Waals surface area contributed by atoms with Gasteiger partial charge >= 0.3 is 0 Å². The Kier molecular flexibility index (Phi) is 5.10. The Bertz CT molecular complexity index is 1640. The van der Waals surface area contributed by atoms with Crippen LogP contribution in [0.5, 0.6) is 0 Å². The largest absolute Gasteiger partial charge is 0.492 e. The Hall–Kier alpha value is -3.72. The Morgan fingerprint density at radius 1 is 1.11 bits per heavy atom. The number of nitrogens with one attached hydrogen (secondary N) is 1. The third kappa shape index (κ3) is 4.05. The molecule has 9 heteroatoms. The van der Waals surface area contributed by atoms with Crippen molar-refractivity contribution in [3.05, 3.63) is 77.6 Å². The SMILES string of the molecule is Cc1nc2ccc(C3C=C4CN(c5ncnc6ccc(S(C)(=O)=O)cc56)CCOC4=CC3)cc2[nH]1. The van der Waals surface area contributed by atoms with Crippen molar-refractivity contribution in [3.63, 3.8) is 0 Å². The van der Waals surface area contributed by atoms with Gasteiger partial charge in [-0.05, 0) is 55.3 Å². The van der Waals surface area contributed by atoms with Crippen LogP contribution in [-0.4, -0.2) is 54.3 Å². The molecule has 1 aliphatic carbocycles. The topological polar surface area (TPSA) is 101 Å². The first kappa shape index (κ1) is 21.8. The summed E-state index contributed by atoms with van der Waals surface area (Å²) < 4.78 is 30.4. The van der Waals surface area contributed by atoms with Crippen LogP contribution in [0.15, 0.2) is 71.1 Å². The highest BCUT2D eigenvalue weighted by atomic mass is 32.2. The van der Waals surface area contributed by atoms with Gasteiger partial charge in [0, 0.05) is 29.7 Å². The summed E-state index contributed by atoms with van der Waals surface area (Å²) in [6.45, 7) is 3.73. The van der Waals surface area contributed by atoms with Gasteiger partial charge in [0.2, 0.25) is 0 Å². The molecule has 0 amide bonds. The van der Waals surface area contributed by atoms with Crippen molar-refractivity contribution < 1.29 is 13.2 Å². The summed E-state index contributed by atoms with van der Waals surface area (Å²) >= 11 is 0. The quantitative estimate of drug-likeness (QED) is 0.465. The highest BCUT2D eigenvalue weighted by Crippen LogP contribution is 2.35. The maximum absolute atomic E-state index is 12.2. The molecule has 2 aliphatic rings. The number of H-pyrrole nitrogens is 1. The van der Waals surface area contributed by atoms with Crippen LogP contribution >= 0.6 is 0 Å². The molecule has 1 aliphatic heterocycles. The van der Waals surface area contributed by atoms with E-state index in [9.17, 15) is 8.42 Å². The fourth-order valence-corrected chi connectivity index (χ4v) is 5.54. The van der Waals surface area contributed by atoms with Gasteiger partial charge in [-0.2, -0.15) is 0 Å². The molecule has 178 valence electrons. The van der Waals surface area contributed by atoms with Crippen LogP contribution in [0.1, 0.15) is 23.7 Å². The zero-order valence-corrected chi connectivity index (χ0v) is 20.3. The molecule has 1 atom stereocenters. The third-order valence-corrected chi connectivity index (χ3v) is 7.73. The van der Waals surface area contributed by atoms with Gasteiger partial charge in [0.15, 0.2) is 9.84 Å². The van der Waals surface area contributed by atoms with Crippen LogP contribution in [0.2, 0.25) is 0 Å². The van der Waals surface area contributed by atoms with E-state index in [1.54, 1.807) is 18.2 Å². The summed E-state index contributed by atoms with van der Waals surface area (Å²) in [5, 5.41) is 0.718. The van der Waals surface area contributed by atoms with E-state index >= 15 is 0 Å². The fourth-order valence-electron chi connectivity index (χ4n) is 4.89. The summed E-state index contributed by atoms with van der Waals surface area (Å²) in [6, 6.07) is 11.4. The number of hydrogen-bond acceptors (Lipinski definition) is 7. The number of anilines is 1. The van der Waals surface area contributed by atoms with E-state index in [0.717, 1.165) is 40.0 Å². The van der Waals surface area contributed by atoms with Gasteiger partial charge in [-0.1, -0.05) is 12.1 Å². The van der Waals surface area contributed by atoms with Crippen molar-refractivity contribution in [1.29, 1.82) is 0 Å². The zero-order valence-electron chi connectivity index (χ0n) is 19.5. The second kappa shape index (κ2) is 8.20. The number of allylic oxidation sites excluding steroid dienone is 2. The molecule has 1 N–H and O–H groups in total. The summed E-state index contributed by atoms with van der Waals surface area (Å²) in [7, 11) is -3.35. The van der Waals surface area contributed by atoms with E-state index in [2.05, 4.69) is 55.2 Å². The predicted molar refractivity (Wildman–Crippen MR) is 135 cm³/mol. The first-order valence-corrected chi connectivity index (χ1v) is 13.4. The Morgan fingerprint density at radius 2 is 1.97 bits per heavy atom. The van der Waals surface area contributed by atoms with Gasteiger partial charge in [0.1, 0.15) is 30.3 Å². The first-order valence-electron chi connectivity index (χ1n) is 11.6. The van der Waals surface area contributed by atoms with Gasteiger partial charge in [0.05, 0.1) is 28.0 Å². The van der Waals surface area contributed by atoms with Crippen molar-refractivity contribution in [1.82, 2.24) is 19.9 Å². The maximum Gasteiger partial charge on any atom is 0.175 e. The lowest BCUT2D eigenvalue weighted by Crippen LogP contribution is -2.28. The van der Waals surface area contributed by atoms with Gasteiger partial charge < -0.3 is 14.6 Å². The molecule has 4 aromatic rings. The lowest BCUT2D eigenvalue weighted by molar-refractivity contribution is 0.233. The third-order valence-electron chi connectivity index (χ3n) is 6.62. The number of fused-ring (bicyclic) bond motifs is 3. The molecular formula is C26H25N5O3S. The molecule has 2 aromatic heterocycles. The van der Waals surface area contributed by atoms with Crippen molar-refractivity contribution in [2.45, 2.75) is 24.2 Å². The van der Waals surface area contributed by atoms with Crippen molar-refractivity contribution >= 4 is 37.6 Å². The molecule has 2 aromatic carbocycles. The van der Waals surface area contributed by atoms with Crippen LogP contribution in [-0.2, 0) is 14.6 Å². The number of aromatic amines is 1. The Morgan fingerprint density at radius 3 is 2.83 bits per heavy atom. The average Bonchev–Trinajstić information content (AvgIpc) is 3.08. The smallest absolute Gasteiger partial charge is 0.175 e. The van der Waals surface area contributed by atoms with Crippen LogP contribution < -0.4 is 4.90 Å². The second-order valence-electron chi connectivity index (χ2n) is 9.12. The van der Waals surface area contributed by atoms with E-state index in [1.807, 2.05) is 6.92 Å². The van der Waals surface area contributed by atoms with Gasteiger partial charge in [0.25, 0.3) is 0 Å². The lowest BCUT2D eigenvalue weighted by Gasteiger charge is -2.25. The van der Waals surface area contributed by atoms with Crippen LogP contribution in [0, 0.1) is 6.92 Å². The highest BCUT2D eigenvalue weighted by molar-refractivity contribution is 7.90. The van der Waals surface area contributed by atoms with Gasteiger partial charge in [-0.15, -0.1) is 0 Å². The summed E-state index contributed by atoms with van der Waals surface area (Å²) in [5.74, 6) is 2.76. The highest BCUT2D eigenvalue weighted by Gasteiger charge is 2.25. The van der Waals surface area contributed by atoms with Crippen LogP contribution in [0.25, 0.3) is 21.9 Å². The number of rotatable bonds is 3. The molecule has 6 rings (SSSR count). The number of ether oxygens (including phenoxy) is 1. The number of benzene rings is 2. The minimum atomic E-state index is -3.35. The number of aromatic nitrogens is 4.